The zero-order chi connectivity index (χ0) is 15.9. The fraction of sp³-hybridized carbons (Fsp3) is 0.562. The zero-order valence-corrected chi connectivity index (χ0v) is 18.3. The smallest absolute Gasteiger partial charge is 0.193 e. The highest BCUT2D eigenvalue weighted by Crippen LogP contribution is 2.19. The number of aliphatic imine (C=N–C) groups is 1. The Morgan fingerprint density at radius 1 is 1.23 bits per heavy atom. The molecule has 126 valence electrons. The largest absolute Gasteiger partial charge is 0.355 e. The minimum atomic E-state index is 0. The molecule has 0 fully saturated rings. The quantitative estimate of drug-likeness (QED) is 0.303. The predicted molar refractivity (Wildman–Crippen MR) is 114 cm³/mol. The van der Waals surface area contributed by atoms with E-state index in [0.717, 1.165) is 19.0 Å². The average molecular weight is 453 g/mol. The highest BCUT2D eigenvalue weighted by Gasteiger charge is 2.17. The van der Waals surface area contributed by atoms with Gasteiger partial charge in [-0.1, -0.05) is 12.1 Å². The van der Waals surface area contributed by atoms with Crippen LogP contribution < -0.4 is 5.32 Å². The number of benzene rings is 1. The van der Waals surface area contributed by atoms with Crippen LogP contribution in [0.1, 0.15) is 19.4 Å². The molecule has 1 rings (SSSR count). The van der Waals surface area contributed by atoms with E-state index in [4.69, 9.17) is 0 Å². The van der Waals surface area contributed by atoms with Gasteiger partial charge in [0.05, 0.1) is 0 Å². The van der Waals surface area contributed by atoms with E-state index in [2.05, 4.69) is 72.9 Å². The molecule has 0 amide bonds. The maximum Gasteiger partial charge on any atom is 0.193 e. The van der Waals surface area contributed by atoms with Gasteiger partial charge < -0.3 is 10.2 Å². The second kappa shape index (κ2) is 10.6. The number of hydrogen-bond acceptors (Lipinski definition) is 3. The predicted octanol–water partition coefficient (Wildman–Crippen LogP) is 4.18. The molecule has 0 aliphatic heterocycles. The summed E-state index contributed by atoms with van der Waals surface area (Å²) in [5.74, 6) is 0.936. The van der Waals surface area contributed by atoms with Gasteiger partial charge in [0, 0.05) is 36.8 Å². The van der Waals surface area contributed by atoms with Crippen molar-refractivity contribution in [3.63, 3.8) is 0 Å². The van der Waals surface area contributed by atoms with Crippen LogP contribution in [0.3, 0.4) is 0 Å². The van der Waals surface area contributed by atoms with Crippen molar-refractivity contribution in [2.24, 2.45) is 4.99 Å². The normalized spacial score (nSPS) is 11.8. The summed E-state index contributed by atoms with van der Waals surface area (Å²) in [6.07, 6.45) is 4.24. The molecule has 0 aromatic heterocycles. The molecule has 22 heavy (non-hydrogen) atoms. The lowest BCUT2D eigenvalue weighted by Gasteiger charge is -2.27. The van der Waals surface area contributed by atoms with Crippen molar-refractivity contribution >= 4 is 53.5 Å². The maximum absolute atomic E-state index is 4.37. The van der Waals surface area contributed by atoms with Crippen molar-refractivity contribution in [1.29, 1.82) is 0 Å². The molecule has 0 radical (unpaired) electrons. The van der Waals surface area contributed by atoms with Crippen LogP contribution in [0.4, 0.5) is 0 Å². The van der Waals surface area contributed by atoms with Crippen molar-refractivity contribution in [1.82, 2.24) is 10.2 Å². The molecule has 0 bridgehead atoms. The Morgan fingerprint density at radius 2 is 1.82 bits per heavy atom. The summed E-state index contributed by atoms with van der Waals surface area (Å²) in [5.41, 5.74) is 1.29. The molecule has 0 spiro atoms. The minimum absolute atomic E-state index is 0. The van der Waals surface area contributed by atoms with Gasteiger partial charge in [-0.15, -0.1) is 35.7 Å². The van der Waals surface area contributed by atoms with E-state index < -0.39 is 0 Å². The standard InChI is InChI=1S/C16H27N3S2.HI/c1-16(2,21-6)12-18-15(17-3)19(4)11-13-7-9-14(20-5)10-8-13;/h7-10H,11-12H2,1-6H3,(H,17,18);1H. The first-order valence-corrected chi connectivity index (χ1v) is 9.46. The summed E-state index contributed by atoms with van der Waals surface area (Å²) < 4.78 is 0.205. The summed E-state index contributed by atoms with van der Waals surface area (Å²) in [6.45, 7) is 6.22. The fourth-order valence-corrected chi connectivity index (χ4v) is 2.45. The van der Waals surface area contributed by atoms with Crippen LogP contribution in [0.25, 0.3) is 0 Å². The fourth-order valence-electron chi connectivity index (χ4n) is 1.83. The van der Waals surface area contributed by atoms with E-state index in [9.17, 15) is 0 Å². The Kier molecular flexibility index (Phi) is 10.6. The van der Waals surface area contributed by atoms with Crippen molar-refractivity contribution in [2.45, 2.75) is 30.0 Å². The van der Waals surface area contributed by atoms with Gasteiger partial charge in [-0.2, -0.15) is 11.8 Å². The summed E-state index contributed by atoms with van der Waals surface area (Å²) >= 11 is 3.63. The summed E-state index contributed by atoms with van der Waals surface area (Å²) in [6, 6.07) is 8.70. The second-order valence-corrected chi connectivity index (χ2v) is 7.96. The van der Waals surface area contributed by atoms with Crippen molar-refractivity contribution in [3.8, 4) is 0 Å². The third-order valence-electron chi connectivity index (χ3n) is 3.38. The molecule has 1 aromatic carbocycles. The van der Waals surface area contributed by atoms with E-state index in [1.807, 2.05) is 18.8 Å². The Hall–Kier alpha value is -0.0800. The van der Waals surface area contributed by atoms with Crippen LogP contribution in [0.5, 0.6) is 0 Å². The molecule has 0 saturated heterocycles. The van der Waals surface area contributed by atoms with Gasteiger partial charge in [-0.25, -0.2) is 0 Å². The molecule has 0 aliphatic rings. The van der Waals surface area contributed by atoms with Crippen LogP contribution in [-0.2, 0) is 6.54 Å². The molecular formula is C16H28IN3S2. The molecule has 0 unspecified atom stereocenters. The molecular weight excluding hydrogens is 425 g/mol. The first-order valence-electron chi connectivity index (χ1n) is 7.01. The topological polar surface area (TPSA) is 27.6 Å². The highest BCUT2D eigenvalue weighted by molar-refractivity contribution is 14.0. The van der Waals surface area contributed by atoms with Crippen molar-refractivity contribution in [3.05, 3.63) is 29.8 Å². The number of nitrogens with one attached hydrogen (secondary N) is 1. The lowest BCUT2D eigenvalue weighted by Crippen LogP contribution is -2.43. The second-order valence-electron chi connectivity index (χ2n) is 5.57. The van der Waals surface area contributed by atoms with Crippen LogP contribution in [-0.4, -0.2) is 48.8 Å². The van der Waals surface area contributed by atoms with Crippen molar-refractivity contribution < 1.29 is 0 Å². The highest BCUT2D eigenvalue weighted by atomic mass is 127. The Bertz CT molecular complexity index is 461. The number of hydrogen-bond donors (Lipinski definition) is 1. The van der Waals surface area contributed by atoms with Crippen LogP contribution in [0.15, 0.2) is 34.2 Å². The molecule has 0 atom stereocenters. The number of rotatable bonds is 6. The van der Waals surface area contributed by atoms with Gasteiger partial charge >= 0.3 is 0 Å². The van der Waals surface area contributed by atoms with Crippen LogP contribution in [0.2, 0.25) is 0 Å². The SMILES string of the molecule is CN=C(NCC(C)(C)SC)N(C)Cc1ccc(SC)cc1.I. The Labute approximate surface area is 161 Å². The molecule has 6 heteroatoms. The first-order chi connectivity index (χ1) is 9.91. The molecule has 0 heterocycles. The monoisotopic (exact) mass is 453 g/mol. The average Bonchev–Trinajstić information content (AvgIpc) is 2.48. The summed E-state index contributed by atoms with van der Waals surface area (Å²) in [7, 11) is 3.91. The number of halogens is 1. The third kappa shape index (κ3) is 7.46. The van der Waals surface area contributed by atoms with Gasteiger partial charge in [-0.3, -0.25) is 4.99 Å². The first kappa shape index (κ1) is 21.9. The van der Waals surface area contributed by atoms with E-state index in [-0.39, 0.29) is 28.7 Å². The van der Waals surface area contributed by atoms with Crippen LogP contribution >= 0.6 is 47.5 Å². The number of guanidine groups is 1. The molecule has 0 saturated carbocycles. The van der Waals surface area contributed by atoms with E-state index in [1.54, 1.807) is 11.8 Å². The minimum Gasteiger partial charge on any atom is -0.355 e. The van der Waals surface area contributed by atoms with Gasteiger partial charge in [-0.05, 0) is 44.1 Å². The molecule has 3 nitrogen and oxygen atoms in total. The van der Waals surface area contributed by atoms with E-state index in [0.29, 0.717) is 0 Å². The van der Waals surface area contributed by atoms with Gasteiger partial charge in [0.15, 0.2) is 5.96 Å². The van der Waals surface area contributed by atoms with E-state index in [1.165, 1.54) is 10.5 Å². The van der Waals surface area contributed by atoms with Gasteiger partial charge in [0.2, 0.25) is 0 Å². The van der Waals surface area contributed by atoms with Gasteiger partial charge in [0.1, 0.15) is 0 Å². The number of thioether (sulfide) groups is 2. The molecule has 1 aromatic rings. The van der Waals surface area contributed by atoms with Gasteiger partial charge in [0.25, 0.3) is 0 Å². The number of nitrogens with zero attached hydrogens (tertiary/aromatic N) is 2. The summed E-state index contributed by atoms with van der Waals surface area (Å²) in [5, 5.41) is 3.45. The zero-order valence-electron chi connectivity index (χ0n) is 14.3. The van der Waals surface area contributed by atoms with Crippen molar-refractivity contribution in [2.75, 3.05) is 33.2 Å². The van der Waals surface area contributed by atoms with Crippen LogP contribution in [0, 0.1) is 0 Å². The Balaban J connectivity index is 0.00000441. The maximum atomic E-state index is 4.37. The Morgan fingerprint density at radius 3 is 2.27 bits per heavy atom. The third-order valence-corrected chi connectivity index (χ3v) is 5.37. The molecule has 0 aliphatic carbocycles. The lowest BCUT2D eigenvalue weighted by molar-refractivity contribution is 0.472. The lowest BCUT2D eigenvalue weighted by atomic mass is 10.2. The molecule has 1 N–H and O–H groups in total. The van der Waals surface area contributed by atoms with E-state index >= 15 is 0 Å². The summed E-state index contributed by atoms with van der Waals surface area (Å²) in [4.78, 5) is 7.83.